The minimum Gasteiger partial charge on any atom is -0.379 e. The Morgan fingerprint density at radius 1 is 1.11 bits per heavy atom. The molecule has 0 radical (unpaired) electrons. The van der Waals surface area contributed by atoms with Crippen LogP contribution in [0.3, 0.4) is 0 Å². The van der Waals surface area contributed by atoms with Gasteiger partial charge >= 0.3 is 0 Å². The first-order valence-electron chi connectivity index (χ1n) is 9.01. The molecule has 27 heavy (non-hydrogen) atoms. The second-order valence-electron chi connectivity index (χ2n) is 6.78. The van der Waals surface area contributed by atoms with Crippen molar-refractivity contribution in [2.75, 3.05) is 32.8 Å². The SMILES string of the molecule is Cc1ccc(S(=O)(=O)NCC(c2ccccc2Cl)N2CCOCC2)cc1C. The lowest BCUT2D eigenvalue weighted by molar-refractivity contribution is 0.0172. The predicted octanol–water partition coefficient (Wildman–Crippen LogP) is 3.31. The molecule has 0 saturated carbocycles. The Hall–Kier alpha value is -1.44. The van der Waals surface area contributed by atoms with E-state index in [2.05, 4.69) is 9.62 Å². The van der Waals surface area contributed by atoms with Crippen LogP contribution in [0.15, 0.2) is 47.4 Å². The molecule has 3 rings (SSSR count). The molecule has 1 aliphatic rings. The number of nitrogens with zero attached hydrogens (tertiary/aromatic N) is 1. The quantitative estimate of drug-likeness (QED) is 0.796. The molecule has 5 nitrogen and oxygen atoms in total. The summed E-state index contributed by atoms with van der Waals surface area (Å²) in [6.45, 7) is 6.86. The maximum absolute atomic E-state index is 12.8. The smallest absolute Gasteiger partial charge is 0.240 e. The van der Waals surface area contributed by atoms with Crippen LogP contribution in [0.2, 0.25) is 5.02 Å². The van der Waals surface area contributed by atoms with Crippen LogP contribution >= 0.6 is 11.6 Å². The summed E-state index contributed by atoms with van der Waals surface area (Å²) in [5, 5.41) is 0.638. The van der Waals surface area contributed by atoms with E-state index >= 15 is 0 Å². The van der Waals surface area contributed by atoms with Crippen LogP contribution in [-0.4, -0.2) is 46.2 Å². The highest BCUT2D eigenvalue weighted by Gasteiger charge is 2.26. The highest BCUT2D eigenvalue weighted by molar-refractivity contribution is 7.89. The molecule has 1 fully saturated rings. The van der Waals surface area contributed by atoms with Crippen molar-refractivity contribution in [3.8, 4) is 0 Å². The second-order valence-corrected chi connectivity index (χ2v) is 8.96. The van der Waals surface area contributed by atoms with Gasteiger partial charge in [0, 0.05) is 30.7 Å². The second kappa shape index (κ2) is 8.71. The molecule has 2 aromatic rings. The van der Waals surface area contributed by atoms with Gasteiger partial charge in [0.15, 0.2) is 0 Å². The van der Waals surface area contributed by atoms with Gasteiger partial charge in [-0.2, -0.15) is 0 Å². The van der Waals surface area contributed by atoms with Crippen molar-refractivity contribution in [2.45, 2.75) is 24.8 Å². The standard InChI is InChI=1S/C20H25ClN2O3S/c1-15-7-8-17(13-16(15)2)27(24,25)22-14-20(23-9-11-26-12-10-23)18-5-3-4-6-19(18)21/h3-8,13,20,22H,9-12,14H2,1-2H3. The zero-order chi connectivity index (χ0) is 19.4. The lowest BCUT2D eigenvalue weighted by Gasteiger charge is -2.35. The maximum atomic E-state index is 12.8. The summed E-state index contributed by atoms with van der Waals surface area (Å²) in [7, 11) is -3.61. The van der Waals surface area contributed by atoms with E-state index in [0.29, 0.717) is 18.2 Å². The normalized spacial score (nSPS) is 17.0. The fraction of sp³-hybridized carbons (Fsp3) is 0.400. The van der Waals surface area contributed by atoms with Crippen molar-refractivity contribution in [1.29, 1.82) is 0 Å². The van der Waals surface area contributed by atoms with E-state index in [0.717, 1.165) is 29.8 Å². The first-order chi connectivity index (χ1) is 12.9. The molecule has 146 valence electrons. The van der Waals surface area contributed by atoms with Crippen molar-refractivity contribution < 1.29 is 13.2 Å². The zero-order valence-corrected chi connectivity index (χ0v) is 17.2. The number of benzene rings is 2. The number of halogens is 1. The van der Waals surface area contributed by atoms with Gasteiger partial charge in [0.2, 0.25) is 10.0 Å². The fourth-order valence-corrected chi connectivity index (χ4v) is 4.61. The minimum atomic E-state index is -3.61. The molecule has 0 bridgehead atoms. The number of rotatable bonds is 6. The van der Waals surface area contributed by atoms with E-state index in [4.69, 9.17) is 16.3 Å². The van der Waals surface area contributed by atoms with E-state index in [1.807, 2.05) is 44.2 Å². The third-order valence-corrected chi connectivity index (χ3v) is 6.77. The van der Waals surface area contributed by atoms with Crippen molar-refractivity contribution in [3.05, 3.63) is 64.2 Å². The first-order valence-corrected chi connectivity index (χ1v) is 10.9. The summed E-state index contributed by atoms with van der Waals surface area (Å²) >= 11 is 6.41. The average molecular weight is 409 g/mol. The largest absolute Gasteiger partial charge is 0.379 e. The van der Waals surface area contributed by atoms with Gasteiger partial charge in [-0.3, -0.25) is 4.90 Å². The lowest BCUT2D eigenvalue weighted by Crippen LogP contribution is -2.43. The highest BCUT2D eigenvalue weighted by Crippen LogP contribution is 2.28. The average Bonchev–Trinajstić information content (AvgIpc) is 2.66. The Morgan fingerprint density at radius 3 is 2.48 bits per heavy atom. The molecule has 1 heterocycles. The summed E-state index contributed by atoms with van der Waals surface area (Å²) < 4.78 is 33.8. The lowest BCUT2D eigenvalue weighted by atomic mass is 10.0. The highest BCUT2D eigenvalue weighted by atomic mass is 35.5. The Kier molecular flexibility index (Phi) is 6.55. The van der Waals surface area contributed by atoms with Crippen LogP contribution in [0.25, 0.3) is 0 Å². The molecule has 0 spiro atoms. The Bertz CT molecular complexity index is 896. The summed E-state index contributed by atoms with van der Waals surface area (Å²) in [4.78, 5) is 2.50. The van der Waals surface area contributed by atoms with Crippen LogP contribution in [0, 0.1) is 13.8 Å². The van der Waals surface area contributed by atoms with Gasteiger partial charge in [-0.25, -0.2) is 13.1 Å². The van der Waals surface area contributed by atoms with Crippen LogP contribution in [0.5, 0.6) is 0 Å². The molecule has 1 N–H and O–H groups in total. The molecular formula is C20H25ClN2O3S. The third kappa shape index (κ3) is 4.89. The van der Waals surface area contributed by atoms with Gasteiger partial charge in [-0.1, -0.05) is 35.9 Å². The number of hydrogen-bond acceptors (Lipinski definition) is 4. The molecule has 1 unspecified atom stereocenters. The minimum absolute atomic E-state index is 0.149. The first kappa shape index (κ1) is 20.3. The van der Waals surface area contributed by atoms with E-state index in [1.54, 1.807) is 12.1 Å². The third-order valence-electron chi connectivity index (χ3n) is 5.01. The molecule has 1 aliphatic heterocycles. The van der Waals surface area contributed by atoms with Crippen LogP contribution in [-0.2, 0) is 14.8 Å². The number of nitrogens with one attached hydrogen (secondary N) is 1. The summed E-state index contributed by atoms with van der Waals surface area (Å²) in [6, 6.07) is 12.6. The maximum Gasteiger partial charge on any atom is 0.240 e. The Balaban J connectivity index is 1.83. The zero-order valence-electron chi connectivity index (χ0n) is 15.6. The number of sulfonamides is 1. The van der Waals surface area contributed by atoms with Gasteiger partial charge in [-0.05, 0) is 48.7 Å². The van der Waals surface area contributed by atoms with Crippen molar-refractivity contribution >= 4 is 21.6 Å². The molecule has 0 amide bonds. The van der Waals surface area contributed by atoms with E-state index in [-0.39, 0.29) is 17.5 Å². The van der Waals surface area contributed by atoms with Crippen molar-refractivity contribution in [2.24, 2.45) is 0 Å². The molecule has 1 atom stereocenters. The van der Waals surface area contributed by atoms with E-state index < -0.39 is 10.0 Å². The Labute approximate surface area is 166 Å². The molecular weight excluding hydrogens is 384 g/mol. The van der Waals surface area contributed by atoms with Crippen molar-refractivity contribution in [1.82, 2.24) is 9.62 Å². The van der Waals surface area contributed by atoms with Crippen LogP contribution < -0.4 is 4.72 Å². The summed E-state index contributed by atoms with van der Waals surface area (Å²) in [6.07, 6.45) is 0. The molecule has 1 saturated heterocycles. The van der Waals surface area contributed by atoms with Gasteiger partial charge in [0.05, 0.1) is 18.1 Å². The molecule has 2 aromatic carbocycles. The summed E-state index contributed by atoms with van der Waals surface area (Å²) in [5.74, 6) is 0. The topological polar surface area (TPSA) is 58.6 Å². The predicted molar refractivity (Wildman–Crippen MR) is 108 cm³/mol. The number of aryl methyl sites for hydroxylation is 2. The monoisotopic (exact) mass is 408 g/mol. The number of ether oxygens (including phenoxy) is 1. The Morgan fingerprint density at radius 2 is 1.81 bits per heavy atom. The van der Waals surface area contributed by atoms with Crippen LogP contribution in [0.1, 0.15) is 22.7 Å². The van der Waals surface area contributed by atoms with Gasteiger partial charge < -0.3 is 4.74 Å². The van der Waals surface area contributed by atoms with E-state index in [1.165, 1.54) is 0 Å². The summed E-state index contributed by atoms with van der Waals surface area (Å²) in [5.41, 5.74) is 2.94. The number of hydrogen-bond donors (Lipinski definition) is 1. The fourth-order valence-electron chi connectivity index (χ4n) is 3.22. The van der Waals surface area contributed by atoms with Gasteiger partial charge in [-0.15, -0.1) is 0 Å². The number of morpholine rings is 1. The van der Waals surface area contributed by atoms with E-state index in [9.17, 15) is 8.42 Å². The molecule has 0 aromatic heterocycles. The molecule has 0 aliphatic carbocycles. The van der Waals surface area contributed by atoms with Crippen molar-refractivity contribution in [3.63, 3.8) is 0 Å². The van der Waals surface area contributed by atoms with Gasteiger partial charge in [0.1, 0.15) is 0 Å². The van der Waals surface area contributed by atoms with Crippen LogP contribution in [0.4, 0.5) is 0 Å². The molecule has 7 heteroatoms. The van der Waals surface area contributed by atoms with Gasteiger partial charge in [0.25, 0.3) is 0 Å².